The predicted molar refractivity (Wildman–Crippen MR) is 174 cm³/mol. The third-order valence-electron chi connectivity index (χ3n) is 9.89. The minimum atomic E-state index is -2.47. The number of ether oxygens (including phenoxy) is 6. The molecule has 2 aromatic carbocycles. The Kier molecular flexibility index (Phi) is 9.07. The molecule has 256 valence electrons. The zero-order valence-electron chi connectivity index (χ0n) is 28.3. The van der Waals surface area contributed by atoms with E-state index in [1.807, 2.05) is 44.2 Å². The van der Waals surface area contributed by atoms with Crippen LogP contribution < -0.4 is 14.2 Å². The van der Waals surface area contributed by atoms with Gasteiger partial charge in [0.25, 0.3) is 5.91 Å². The van der Waals surface area contributed by atoms with E-state index in [9.17, 15) is 14.9 Å². The van der Waals surface area contributed by atoms with Gasteiger partial charge in [-0.25, -0.2) is 0 Å². The maximum atomic E-state index is 14.5. The Morgan fingerprint density at radius 3 is 2.49 bits per heavy atom. The maximum absolute atomic E-state index is 14.5. The first-order chi connectivity index (χ1) is 22.1. The van der Waals surface area contributed by atoms with Crippen LogP contribution in [0.25, 0.3) is 0 Å². The standard InChI is InChI=1S/C34H46N2O10Si/c1-33(2,3)47(6,7)46-29-26(43-32-30(29)44-34(4,5)45-32)23(18-36(38)39)22-17-24-27(42-20-41-24)28(40-19-21-13-9-8-10-14-21)25(22)31(37)35-15-11-12-16-35/h8-10,13-14,17,23,26,29-30,32H,11-12,15-16,18-20H2,1-7H3/t23-,26+,29-,30+,32+/m0/s1. The van der Waals surface area contributed by atoms with Gasteiger partial charge >= 0.3 is 0 Å². The van der Waals surface area contributed by atoms with E-state index < -0.39 is 51.2 Å². The maximum Gasteiger partial charge on any atom is 0.258 e. The number of likely N-dealkylation sites (tertiary alicyclic amines) is 1. The molecule has 4 aliphatic rings. The minimum absolute atomic E-state index is 0.0737. The van der Waals surface area contributed by atoms with E-state index in [2.05, 4.69) is 33.9 Å². The first kappa shape index (κ1) is 33.7. The summed E-state index contributed by atoms with van der Waals surface area (Å²) < 4.78 is 44.2. The van der Waals surface area contributed by atoms with Crippen molar-refractivity contribution in [1.82, 2.24) is 4.90 Å². The van der Waals surface area contributed by atoms with Crippen molar-refractivity contribution in [2.24, 2.45) is 0 Å². The fourth-order valence-electron chi connectivity index (χ4n) is 6.51. The van der Waals surface area contributed by atoms with E-state index >= 15 is 0 Å². The molecular formula is C34H46N2O10Si. The highest BCUT2D eigenvalue weighted by Gasteiger charge is 2.60. The smallest absolute Gasteiger partial charge is 0.258 e. The number of nitro groups is 1. The lowest BCUT2D eigenvalue weighted by Gasteiger charge is -2.41. The summed E-state index contributed by atoms with van der Waals surface area (Å²) in [7, 11) is -2.47. The van der Waals surface area contributed by atoms with Crippen molar-refractivity contribution in [1.29, 1.82) is 0 Å². The number of hydrogen-bond donors (Lipinski definition) is 0. The van der Waals surface area contributed by atoms with Gasteiger partial charge in [0, 0.05) is 18.0 Å². The predicted octanol–water partition coefficient (Wildman–Crippen LogP) is 5.86. The molecule has 3 saturated heterocycles. The van der Waals surface area contributed by atoms with Crippen molar-refractivity contribution in [3.05, 3.63) is 63.2 Å². The number of amides is 1. The minimum Gasteiger partial charge on any atom is -0.484 e. The summed E-state index contributed by atoms with van der Waals surface area (Å²) in [5.41, 5.74) is 1.49. The van der Waals surface area contributed by atoms with Crippen LogP contribution in [0.3, 0.4) is 0 Å². The average Bonchev–Trinajstić information content (AvgIpc) is 3.79. The number of benzene rings is 2. The molecule has 4 aliphatic heterocycles. The van der Waals surface area contributed by atoms with Crippen molar-refractivity contribution in [3.63, 3.8) is 0 Å². The number of carbonyl (C=O) groups is 1. The van der Waals surface area contributed by atoms with Gasteiger partial charge in [-0.1, -0.05) is 51.1 Å². The normalized spacial score (nSPS) is 25.6. The molecule has 0 spiro atoms. The molecule has 0 bridgehead atoms. The zero-order chi connectivity index (χ0) is 33.7. The molecule has 3 fully saturated rings. The van der Waals surface area contributed by atoms with Crippen molar-refractivity contribution in [3.8, 4) is 17.2 Å². The summed E-state index contributed by atoms with van der Waals surface area (Å²) in [5.74, 6) is -1.29. The second kappa shape index (κ2) is 12.7. The van der Waals surface area contributed by atoms with Crippen LogP contribution in [0.1, 0.15) is 74.9 Å². The highest BCUT2D eigenvalue weighted by atomic mass is 28.4. The van der Waals surface area contributed by atoms with Crippen molar-refractivity contribution in [2.75, 3.05) is 26.4 Å². The fraction of sp³-hybridized carbons (Fsp3) is 0.618. The first-order valence-electron chi connectivity index (χ1n) is 16.4. The molecule has 0 aromatic heterocycles. The summed E-state index contributed by atoms with van der Waals surface area (Å²) in [6.45, 7) is 14.9. The molecule has 6 rings (SSSR count). The first-order valence-corrected chi connectivity index (χ1v) is 19.3. The van der Waals surface area contributed by atoms with Crippen molar-refractivity contribution < 1.29 is 42.6 Å². The summed E-state index contributed by atoms with van der Waals surface area (Å²) in [5, 5.41) is 12.3. The number of nitrogens with zero attached hydrogens (tertiary/aromatic N) is 2. The van der Waals surface area contributed by atoms with E-state index in [0.717, 1.165) is 18.4 Å². The summed E-state index contributed by atoms with van der Waals surface area (Å²) in [4.78, 5) is 28.4. The highest BCUT2D eigenvalue weighted by molar-refractivity contribution is 6.74. The van der Waals surface area contributed by atoms with E-state index in [1.165, 1.54) is 0 Å². The Morgan fingerprint density at radius 2 is 1.83 bits per heavy atom. The largest absolute Gasteiger partial charge is 0.484 e. The lowest BCUT2D eigenvalue weighted by Crippen LogP contribution is -2.51. The molecule has 12 nitrogen and oxygen atoms in total. The number of hydrogen-bond acceptors (Lipinski definition) is 10. The van der Waals surface area contributed by atoms with Gasteiger partial charge in [0.1, 0.15) is 24.9 Å². The molecule has 0 saturated carbocycles. The Labute approximate surface area is 276 Å². The Balaban J connectivity index is 1.49. The van der Waals surface area contributed by atoms with Crippen LogP contribution >= 0.6 is 0 Å². The molecular weight excluding hydrogens is 624 g/mol. The quantitative estimate of drug-likeness (QED) is 0.172. The van der Waals surface area contributed by atoms with Crippen LogP contribution in [-0.4, -0.2) is 80.9 Å². The average molecular weight is 671 g/mol. The zero-order valence-corrected chi connectivity index (χ0v) is 29.3. The molecule has 47 heavy (non-hydrogen) atoms. The third-order valence-corrected chi connectivity index (χ3v) is 14.4. The van der Waals surface area contributed by atoms with E-state index in [0.29, 0.717) is 30.2 Å². The third kappa shape index (κ3) is 6.73. The van der Waals surface area contributed by atoms with E-state index in [1.54, 1.807) is 11.0 Å². The van der Waals surface area contributed by atoms with E-state index in [4.69, 9.17) is 32.8 Å². The van der Waals surface area contributed by atoms with Gasteiger partial charge in [-0.3, -0.25) is 14.9 Å². The number of rotatable bonds is 10. The van der Waals surface area contributed by atoms with Gasteiger partial charge in [-0.05, 0) is 62.0 Å². The summed E-state index contributed by atoms with van der Waals surface area (Å²) in [6, 6.07) is 11.3. The Hall–Kier alpha value is -3.23. The van der Waals surface area contributed by atoms with Crippen LogP contribution in [-0.2, 0) is 25.2 Å². The molecule has 4 heterocycles. The van der Waals surface area contributed by atoms with Crippen LogP contribution in [0, 0.1) is 10.1 Å². The molecule has 2 aromatic rings. The van der Waals surface area contributed by atoms with Gasteiger partial charge in [0.05, 0.1) is 11.5 Å². The van der Waals surface area contributed by atoms with Gasteiger partial charge in [-0.2, -0.15) is 0 Å². The SMILES string of the molecule is CC1(C)O[C@H]2O[C@H]([C@@H](C[N+](=O)[O-])c3cc4c(c(OCc5ccccc5)c3C(=O)N3CCCC3)OCO4)[C@H](O[Si](C)(C)C(C)(C)C)[C@H]2O1. The summed E-state index contributed by atoms with van der Waals surface area (Å²) in [6.07, 6.45) is -1.29. The van der Waals surface area contributed by atoms with Crippen molar-refractivity contribution in [2.45, 2.75) is 109 Å². The topological polar surface area (TPSA) is 128 Å². The molecule has 0 radical (unpaired) electrons. The molecule has 5 atom stereocenters. The van der Waals surface area contributed by atoms with Crippen molar-refractivity contribution >= 4 is 14.2 Å². The monoisotopic (exact) mass is 670 g/mol. The second-order valence-electron chi connectivity index (χ2n) is 14.7. The van der Waals surface area contributed by atoms with Crippen LogP contribution in [0.5, 0.6) is 17.2 Å². The van der Waals surface area contributed by atoms with E-state index in [-0.39, 0.29) is 40.6 Å². The Bertz CT molecular complexity index is 1490. The van der Waals surface area contributed by atoms with Gasteiger partial charge in [0.2, 0.25) is 19.1 Å². The lowest BCUT2D eigenvalue weighted by molar-refractivity contribution is -0.486. The Morgan fingerprint density at radius 1 is 1.13 bits per heavy atom. The summed E-state index contributed by atoms with van der Waals surface area (Å²) >= 11 is 0. The molecule has 1 amide bonds. The van der Waals surface area contributed by atoms with Crippen LogP contribution in [0.4, 0.5) is 0 Å². The van der Waals surface area contributed by atoms with Gasteiger partial charge in [-0.15, -0.1) is 0 Å². The number of fused-ring (bicyclic) bond motifs is 2. The molecule has 0 aliphatic carbocycles. The van der Waals surface area contributed by atoms with Gasteiger partial charge in [0.15, 0.2) is 31.9 Å². The van der Waals surface area contributed by atoms with Gasteiger partial charge < -0.3 is 37.7 Å². The second-order valence-corrected chi connectivity index (χ2v) is 19.5. The van der Waals surface area contributed by atoms with Crippen LogP contribution in [0.15, 0.2) is 36.4 Å². The lowest BCUT2D eigenvalue weighted by atomic mass is 9.85. The molecule has 13 heteroatoms. The fourth-order valence-corrected chi connectivity index (χ4v) is 7.81. The highest BCUT2D eigenvalue weighted by Crippen LogP contribution is 2.51. The van der Waals surface area contributed by atoms with Crippen LogP contribution in [0.2, 0.25) is 18.1 Å². The molecule has 0 unspecified atom stereocenters. The number of carbonyl (C=O) groups excluding carboxylic acids is 1. The molecule has 0 N–H and O–H groups in total.